The van der Waals surface area contributed by atoms with Crippen molar-refractivity contribution in [2.45, 2.75) is 102 Å². The molecule has 0 atom stereocenters. The van der Waals surface area contributed by atoms with E-state index in [4.69, 9.17) is 4.18 Å². The molecule has 1 N–H and O–H groups in total. The molecule has 0 bridgehead atoms. The van der Waals surface area contributed by atoms with Crippen LogP contribution in [-0.4, -0.2) is 70.6 Å². The Morgan fingerprint density at radius 3 is 1.84 bits per heavy atom. The zero-order valence-corrected chi connectivity index (χ0v) is 27.4. The number of amides is 1. The molecule has 2 aromatic rings. The molecule has 0 aliphatic carbocycles. The number of piperazine rings is 1. The van der Waals surface area contributed by atoms with E-state index in [2.05, 4.69) is 27.1 Å². The minimum Gasteiger partial charge on any atom is -0.354 e. The highest BCUT2D eigenvalue weighted by Gasteiger charge is 2.16. The lowest BCUT2D eigenvalue weighted by Crippen LogP contribution is -2.44. The summed E-state index contributed by atoms with van der Waals surface area (Å²) in [5, 5.41) is 3.04. The molecule has 1 aromatic carbocycles. The van der Waals surface area contributed by atoms with E-state index < -0.39 is 10.1 Å². The van der Waals surface area contributed by atoms with Gasteiger partial charge in [0.15, 0.2) is 0 Å². The van der Waals surface area contributed by atoms with E-state index in [9.17, 15) is 13.2 Å². The number of nitrogens with zero attached hydrogens (tertiary/aromatic N) is 3. The Labute approximate surface area is 260 Å². The molecule has 9 heteroatoms. The second kappa shape index (κ2) is 19.7. The van der Waals surface area contributed by atoms with Gasteiger partial charge in [0.2, 0.25) is 0 Å². The maximum atomic E-state index is 12.4. The van der Waals surface area contributed by atoms with Crippen LogP contribution >= 0.6 is 0 Å². The number of unbranched alkanes of at least 4 members (excludes halogenated alkanes) is 13. The van der Waals surface area contributed by atoms with Crippen LogP contribution in [-0.2, 0) is 14.3 Å². The van der Waals surface area contributed by atoms with Crippen LogP contribution in [0, 0.1) is 6.92 Å². The number of hydrogen-bond acceptors (Lipinski definition) is 7. The highest BCUT2D eigenvalue weighted by atomic mass is 32.2. The van der Waals surface area contributed by atoms with E-state index in [1.54, 1.807) is 30.5 Å². The summed E-state index contributed by atoms with van der Waals surface area (Å²) < 4.78 is 29.5. The Hall–Kier alpha value is -2.49. The van der Waals surface area contributed by atoms with Crippen molar-refractivity contribution in [3.63, 3.8) is 0 Å². The van der Waals surface area contributed by atoms with Crippen molar-refractivity contribution < 1.29 is 17.4 Å². The van der Waals surface area contributed by atoms with Crippen molar-refractivity contribution in [3.8, 4) is 0 Å². The fourth-order valence-corrected chi connectivity index (χ4v) is 6.28. The summed E-state index contributed by atoms with van der Waals surface area (Å²) in [6, 6.07) is 10.6. The fourth-order valence-electron chi connectivity index (χ4n) is 5.34. The van der Waals surface area contributed by atoms with Gasteiger partial charge in [-0.05, 0) is 51.1 Å². The van der Waals surface area contributed by atoms with Gasteiger partial charge in [-0.1, -0.05) is 94.7 Å². The third-order valence-electron chi connectivity index (χ3n) is 8.24. The van der Waals surface area contributed by atoms with Crippen molar-refractivity contribution in [3.05, 3.63) is 53.7 Å². The van der Waals surface area contributed by atoms with E-state index in [-0.39, 0.29) is 17.4 Å². The predicted octanol–water partition coefficient (Wildman–Crippen LogP) is 6.74. The summed E-state index contributed by atoms with van der Waals surface area (Å²) in [5.41, 5.74) is 1.66. The Balaban J connectivity index is 1.06. The largest absolute Gasteiger partial charge is 0.354 e. The van der Waals surface area contributed by atoms with Gasteiger partial charge >= 0.3 is 0 Å². The molecule has 43 heavy (non-hydrogen) atoms. The molecule has 0 saturated carbocycles. The number of nitrogens with one attached hydrogen (secondary N) is 1. The lowest BCUT2D eigenvalue weighted by molar-refractivity contribution is 0.0952. The first-order chi connectivity index (χ1) is 20.8. The average Bonchev–Trinajstić information content (AvgIpc) is 3.01. The molecule has 0 radical (unpaired) electrons. The van der Waals surface area contributed by atoms with Crippen LogP contribution in [0.25, 0.3) is 0 Å². The number of pyridine rings is 1. The van der Waals surface area contributed by atoms with Crippen LogP contribution in [0.5, 0.6) is 0 Å². The van der Waals surface area contributed by atoms with Gasteiger partial charge in [0.05, 0.1) is 17.1 Å². The molecule has 0 spiro atoms. The summed E-state index contributed by atoms with van der Waals surface area (Å²) in [6.07, 6.45) is 18.3. The Kier molecular flexibility index (Phi) is 16.0. The summed E-state index contributed by atoms with van der Waals surface area (Å²) in [5.74, 6) is 0.922. The molecule has 2 heterocycles. The topological polar surface area (TPSA) is 91.8 Å². The minimum atomic E-state index is -3.63. The zero-order valence-electron chi connectivity index (χ0n) is 26.6. The third-order valence-corrected chi connectivity index (χ3v) is 9.57. The number of rotatable bonds is 21. The van der Waals surface area contributed by atoms with Gasteiger partial charge in [-0.2, -0.15) is 8.42 Å². The third kappa shape index (κ3) is 13.8. The second-order valence-corrected chi connectivity index (χ2v) is 13.6. The van der Waals surface area contributed by atoms with Crippen molar-refractivity contribution in [2.75, 3.05) is 51.3 Å². The molecule has 1 aliphatic rings. The van der Waals surface area contributed by atoms with E-state index in [1.807, 2.05) is 19.1 Å². The lowest BCUT2D eigenvalue weighted by atomic mass is 10.0. The van der Waals surface area contributed by atoms with E-state index in [0.717, 1.165) is 76.2 Å². The Morgan fingerprint density at radius 1 is 0.767 bits per heavy atom. The molecule has 1 fully saturated rings. The number of likely N-dealkylation sites (N-methyl/N-ethyl adjacent to an activating group) is 1. The normalized spacial score (nSPS) is 14.2. The van der Waals surface area contributed by atoms with Crippen LogP contribution in [0.4, 0.5) is 5.82 Å². The number of aromatic nitrogens is 1. The van der Waals surface area contributed by atoms with Gasteiger partial charge in [-0.25, -0.2) is 4.98 Å². The lowest BCUT2D eigenvalue weighted by Gasteiger charge is -2.33. The summed E-state index contributed by atoms with van der Waals surface area (Å²) in [4.78, 5) is 21.8. The number of carbonyl (C=O) groups excluding carboxylic acids is 1. The molecule has 240 valence electrons. The van der Waals surface area contributed by atoms with Crippen molar-refractivity contribution in [2.24, 2.45) is 0 Å². The first-order valence-electron chi connectivity index (χ1n) is 16.5. The highest BCUT2D eigenvalue weighted by Crippen LogP contribution is 2.16. The summed E-state index contributed by atoms with van der Waals surface area (Å²) >= 11 is 0. The predicted molar refractivity (Wildman–Crippen MR) is 175 cm³/mol. The second-order valence-electron chi connectivity index (χ2n) is 12.0. The molecule has 1 saturated heterocycles. The Bertz CT molecular complexity index is 1150. The average molecular weight is 615 g/mol. The van der Waals surface area contributed by atoms with Gasteiger partial charge in [-0.3, -0.25) is 8.98 Å². The number of carbonyl (C=O) groups is 1. The smallest absolute Gasteiger partial charge is 0.296 e. The van der Waals surface area contributed by atoms with Gasteiger partial charge in [-0.15, -0.1) is 0 Å². The van der Waals surface area contributed by atoms with Crippen LogP contribution in [0.15, 0.2) is 47.5 Å². The molecule has 1 amide bonds. The molecular weight excluding hydrogens is 560 g/mol. The molecule has 1 aromatic heterocycles. The number of benzene rings is 1. The van der Waals surface area contributed by atoms with E-state index >= 15 is 0 Å². The number of anilines is 1. The summed E-state index contributed by atoms with van der Waals surface area (Å²) in [7, 11) is -1.50. The van der Waals surface area contributed by atoms with E-state index in [1.165, 1.54) is 57.8 Å². The van der Waals surface area contributed by atoms with Crippen LogP contribution in [0.1, 0.15) is 106 Å². The van der Waals surface area contributed by atoms with Crippen LogP contribution in [0.3, 0.4) is 0 Å². The molecule has 1 aliphatic heterocycles. The fraction of sp³-hybridized carbons (Fsp3) is 0.647. The SMILES string of the molecule is Cc1ccc(S(=O)(=O)OCCCCCCCCCCCCCCCCNC(=O)c2ccc(N3CCN(C)CC3)nc2)cc1. The first kappa shape index (κ1) is 35.0. The number of aryl methyl sites for hydroxylation is 1. The standard InChI is InChI=1S/C34H54N4O4S/c1-30-17-20-32(21-18-30)43(40,41)42-28-16-14-12-10-8-6-4-3-5-7-9-11-13-15-23-35-34(39)31-19-22-33(36-29-31)38-26-24-37(2)25-27-38/h17-22,29H,3-16,23-28H2,1-2H3,(H,35,39). The molecule has 3 rings (SSSR count). The first-order valence-corrected chi connectivity index (χ1v) is 17.9. The molecular formula is C34H54N4O4S. The monoisotopic (exact) mass is 614 g/mol. The zero-order chi connectivity index (χ0) is 30.8. The van der Waals surface area contributed by atoms with Crippen molar-refractivity contribution in [1.82, 2.24) is 15.2 Å². The molecule has 0 unspecified atom stereocenters. The van der Waals surface area contributed by atoms with Crippen LogP contribution < -0.4 is 10.2 Å². The maximum absolute atomic E-state index is 12.4. The molecule has 8 nitrogen and oxygen atoms in total. The number of hydrogen-bond donors (Lipinski definition) is 1. The maximum Gasteiger partial charge on any atom is 0.296 e. The van der Waals surface area contributed by atoms with Crippen LogP contribution in [0.2, 0.25) is 0 Å². The van der Waals surface area contributed by atoms with E-state index in [0.29, 0.717) is 5.56 Å². The van der Waals surface area contributed by atoms with Gasteiger partial charge in [0.1, 0.15) is 5.82 Å². The highest BCUT2D eigenvalue weighted by molar-refractivity contribution is 7.86. The van der Waals surface area contributed by atoms with Crippen molar-refractivity contribution in [1.29, 1.82) is 0 Å². The Morgan fingerprint density at radius 2 is 1.30 bits per heavy atom. The minimum absolute atomic E-state index is 0.0317. The van der Waals surface area contributed by atoms with Gasteiger partial charge in [0, 0.05) is 38.9 Å². The van der Waals surface area contributed by atoms with Gasteiger partial charge in [0.25, 0.3) is 16.0 Å². The van der Waals surface area contributed by atoms with Crippen molar-refractivity contribution >= 4 is 21.8 Å². The summed E-state index contributed by atoms with van der Waals surface area (Å²) in [6.45, 7) is 6.94. The van der Waals surface area contributed by atoms with Gasteiger partial charge < -0.3 is 15.1 Å². The quantitative estimate of drug-likeness (QED) is 0.123.